The van der Waals surface area contributed by atoms with Crippen molar-refractivity contribution in [3.63, 3.8) is 0 Å². The fourth-order valence-electron chi connectivity index (χ4n) is 0.444. The third-order valence-electron chi connectivity index (χ3n) is 1.09. The average molecular weight is 141 g/mol. The molecule has 1 aliphatic rings. The van der Waals surface area contributed by atoms with Crippen LogP contribution in [0.15, 0.2) is 0 Å². The van der Waals surface area contributed by atoms with E-state index in [-0.39, 0.29) is 13.9 Å². The molecule has 0 N–H and O–H groups in total. The zero-order valence-electron chi connectivity index (χ0n) is 3.38. The Hall–Kier alpha value is 0.797. The highest BCUT2D eigenvalue weighted by Gasteiger charge is 2.31. The van der Waals surface area contributed by atoms with Crippen molar-refractivity contribution in [2.75, 3.05) is 0 Å². The lowest BCUT2D eigenvalue weighted by Crippen LogP contribution is -2.27. The van der Waals surface area contributed by atoms with Gasteiger partial charge in [0.05, 0.1) is 0 Å². The van der Waals surface area contributed by atoms with Crippen LogP contribution in [-0.4, -0.2) is 13.9 Å². The van der Waals surface area contributed by atoms with E-state index < -0.39 is 0 Å². The van der Waals surface area contributed by atoms with Crippen molar-refractivity contribution in [3.8, 4) is 0 Å². The molecule has 0 amide bonds. The van der Waals surface area contributed by atoms with Gasteiger partial charge in [-0.25, -0.2) is 0 Å². The van der Waals surface area contributed by atoms with E-state index in [2.05, 4.69) is 0 Å². The first-order valence-electron chi connectivity index (χ1n) is 2.09. The monoisotopic (exact) mass is 140 g/mol. The van der Waals surface area contributed by atoms with E-state index in [1.165, 1.54) is 0 Å². The summed E-state index contributed by atoms with van der Waals surface area (Å²) in [5.74, 6) is 0. The smallest absolute Gasteiger partial charge is 0.102 e. The molecular formula is C3H6Cl2Si. The maximum Gasteiger partial charge on any atom is 0.112 e. The maximum absolute atomic E-state index is 5.60. The van der Waals surface area contributed by atoms with E-state index in [0.717, 1.165) is 12.1 Å². The molecular weight excluding hydrogens is 135 g/mol. The van der Waals surface area contributed by atoms with Crippen LogP contribution in [0.5, 0.6) is 0 Å². The fourth-order valence-corrected chi connectivity index (χ4v) is 2.94. The SMILES string of the molecule is ClC1(Cl)C[SiH2]C1. The molecule has 3 heteroatoms. The second-order valence-electron chi connectivity index (χ2n) is 1.71. The first kappa shape index (κ1) is 4.94. The van der Waals surface area contributed by atoms with Crippen molar-refractivity contribution >= 4 is 32.7 Å². The Morgan fingerprint density at radius 1 is 1.33 bits per heavy atom. The normalized spacial score (nSPS) is 29.0. The van der Waals surface area contributed by atoms with Gasteiger partial charge in [0.2, 0.25) is 0 Å². The molecule has 1 heterocycles. The molecule has 6 heavy (non-hydrogen) atoms. The van der Waals surface area contributed by atoms with Crippen LogP contribution in [0.25, 0.3) is 0 Å². The molecule has 0 spiro atoms. The topological polar surface area (TPSA) is 0 Å². The van der Waals surface area contributed by atoms with Crippen LogP contribution < -0.4 is 0 Å². The minimum atomic E-state index is -0.272. The Kier molecular flexibility index (Phi) is 1.15. The number of hydrogen-bond donors (Lipinski definition) is 0. The van der Waals surface area contributed by atoms with Crippen LogP contribution in [0.3, 0.4) is 0 Å². The third-order valence-corrected chi connectivity index (χ3v) is 5.52. The molecule has 1 saturated heterocycles. The van der Waals surface area contributed by atoms with E-state index >= 15 is 0 Å². The van der Waals surface area contributed by atoms with Crippen molar-refractivity contribution in [2.45, 2.75) is 16.4 Å². The summed E-state index contributed by atoms with van der Waals surface area (Å²) in [4.78, 5) is 0. The summed E-state index contributed by atoms with van der Waals surface area (Å²) in [5.41, 5.74) is 0. The van der Waals surface area contributed by atoms with Gasteiger partial charge in [-0.2, -0.15) is 0 Å². The second-order valence-corrected chi connectivity index (χ2v) is 5.06. The van der Waals surface area contributed by atoms with Gasteiger partial charge in [-0.3, -0.25) is 0 Å². The summed E-state index contributed by atoms with van der Waals surface area (Å²) in [6, 6.07) is 2.24. The molecule has 0 saturated carbocycles. The number of alkyl halides is 2. The van der Waals surface area contributed by atoms with Gasteiger partial charge >= 0.3 is 0 Å². The molecule has 1 rings (SSSR count). The van der Waals surface area contributed by atoms with Crippen molar-refractivity contribution in [3.05, 3.63) is 0 Å². The Morgan fingerprint density at radius 3 is 1.67 bits per heavy atom. The molecule has 1 fully saturated rings. The molecule has 0 aromatic rings. The molecule has 0 aromatic heterocycles. The van der Waals surface area contributed by atoms with Crippen molar-refractivity contribution in [2.24, 2.45) is 0 Å². The quantitative estimate of drug-likeness (QED) is 0.351. The van der Waals surface area contributed by atoms with Crippen LogP contribution in [0.2, 0.25) is 12.1 Å². The van der Waals surface area contributed by atoms with Crippen LogP contribution >= 0.6 is 23.2 Å². The Morgan fingerprint density at radius 2 is 1.67 bits per heavy atom. The molecule has 0 bridgehead atoms. The summed E-state index contributed by atoms with van der Waals surface area (Å²) < 4.78 is -0.272. The highest BCUT2D eigenvalue weighted by Crippen LogP contribution is 2.38. The molecule has 0 nitrogen and oxygen atoms in total. The minimum absolute atomic E-state index is 0.237. The van der Waals surface area contributed by atoms with Gasteiger partial charge in [-0.05, 0) is 12.1 Å². The van der Waals surface area contributed by atoms with Crippen LogP contribution in [0.1, 0.15) is 0 Å². The minimum Gasteiger partial charge on any atom is -0.102 e. The maximum atomic E-state index is 5.60. The summed E-state index contributed by atoms with van der Waals surface area (Å²) >= 11 is 11.2. The third kappa shape index (κ3) is 0.894. The van der Waals surface area contributed by atoms with Gasteiger partial charge in [0, 0.05) is 9.52 Å². The first-order chi connectivity index (χ1) is 2.71. The molecule has 0 aliphatic carbocycles. The molecule has 0 unspecified atom stereocenters. The number of rotatable bonds is 0. The van der Waals surface area contributed by atoms with Crippen LogP contribution in [0, 0.1) is 0 Å². The predicted molar refractivity (Wildman–Crippen MR) is 32.6 cm³/mol. The average Bonchev–Trinajstić information content (AvgIpc) is 1.32. The lowest BCUT2D eigenvalue weighted by Gasteiger charge is -2.27. The molecule has 0 aromatic carbocycles. The summed E-state index contributed by atoms with van der Waals surface area (Å²) in [6.07, 6.45) is 0. The van der Waals surface area contributed by atoms with Crippen molar-refractivity contribution in [1.82, 2.24) is 0 Å². The molecule has 0 atom stereocenters. The van der Waals surface area contributed by atoms with Gasteiger partial charge in [-0.15, -0.1) is 23.2 Å². The molecule has 0 radical (unpaired) electrons. The largest absolute Gasteiger partial charge is 0.112 e. The van der Waals surface area contributed by atoms with Gasteiger partial charge in [0.15, 0.2) is 0 Å². The van der Waals surface area contributed by atoms with Crippen molar-refractivity contribution in [1.29, 1.82) is 0 Å². The highest BCUT2D eigenvalue weighted by atomic mass is 35.5. The van der Waals surface area contributed by atoms with E-state index in [9.17, 15) is 0 Å². The standard InChI is InChI=1S/C3H6Cl2Si/c4-3(5)1-6-2-3/h1-2,6H2. The number of hydrogen-bond acceptors (Lipinski definition) is 0. The Bertz CT molecular complexity index is 55.8. The zero-order chi connectivity index (χ0) is 4.62. The molecule has 36 valence electrons. The van der Waals surface area contributed by atoms with E-state index in [4.69, 9.17) is 23.2 Å². The number of halogens is 2. The lowest BCUT2D eigenvalue weighted by molar-refractivity contribution is 0.892. The Labute approximate surface area is 49.6 Å². The van der Waals surface area contributed by atoms with Gasteiger partial charge in [-0.1, -0.05) is 0 Å². The predicted octanol–water partition coefficient (Wildman–Crippen LogP) is 1.18. The summed E-state index contributed by atoms with van der Waals surface area (Å²) in [7, 11) is 0.237. The van der Waals surface area contributed by atoms with Gasteiger partial charge in [0.1, 0.15) is 4.33 Å². The fraction of sp³-hybridized carbons (Fsp3) is 1.00. The first-order valence-corrected chi connectivity index (χ1v) is 4.84. The van der Waals surface area contributed by atoms with Crippen LogP contribution in [-0.2, 0) is 0 Å². The summed E-state index contributed by atoms with van der Waals surface area (Å²) in [5, 5.41) is 0. The molecule has 1 aliphatic heterocycles. The van der Waals surface area contributed by atoms with Gasteiger partial charge < -0.3 is 0 Å². The summed E-state index contributed by atoms with van der Waals surface area (Å²) in [6.45, 7) is 0. The van der Waals surface area contributed by atoms with Crippen molar-refractivity contribution < 1.29 is 0 Å². The van der Waals surface area contributed by atoms with Gasteiger partial charge in [0.25, 0.3) is 0 Å². The lowest BCUT2D eigenvalue weighted by atomic mass is 10.5. The van der Waals surface area contributed by atoms with E-state index in [1.807, 2.05) is 0 Å². The van der Waals surface area contributed by atoms with E-state index in [1.54, 1.807) is 0 Å². The van der Waals surface area contributed by atoms with Crippen LogP contribution in [0.4, 0.5) is 0 Å². The van der Waals surface area contributed by atoms with E-state index in [0.29, 0.717) is 0 Å². The highest BCUT2D eigenvalue weighted by molar-refractivity contribution is 6.62. The zero-order valence-corrected chi connectivity index (χ0v) is 6.30. The second kappa shape index (κ2) is 1.39. The Balaban J connectivity index is 2.31.